The first-order valence-corrected chi connectivity index (χ1v) is 14.8. The van der Waals surface area contributed by atoms with E-state index in [-0.39, 0.29) is 11.5 Å². The molecule has 6 atom stereocenters. The normalized spacial score (nSPS) is 23.7. The first kappa shape index (κ1) is 34.7. The van der Waals surface area contributed by atoms with Crippen molar-refractivity contribution in [2.45, 2.75) is 63.9 Å². The number of aromatic nitrogens is 2. The zero-order valence-electron chi connectivity index (χ0n) is 24.8. The number of hydrogen-bond donors (Lipinski definition) is 3. The van der Waals surface area contributed by atoms with E-state index in [2.05, 4.69) is 9.82 Å². The van der Waals surface area contributed by atoms with Gasteiger partial charge in [0.05, 0.1) is 26.9 Å². The molecule has 15 nitrogen and oxygen atoms in total. The number of rotatable bonds is 13. The highest BCUT2D eigenvalue weighted by molar-refractivity contribution is 7.52. The number of alkyl halides is 1. The van der Waals surface area contributed by atoms with Crippen LogP contribution in [0.25, 0.3) is 6.08 Å². The highest BCUT2D eigenvalue weighted by atomic mass is 31.2. The van der Waals surface area contributed by atoms with E-state index in [4.69, 9.17) is 23.3 Å². The highest BCUT2D eigenvalue weighted by Gasteiger charge is 2.56. The molecule has 17 heteroatoms. The van der Waals surface area contributed by atoms with Crippen LogP contribution in [0, 0.1) is 0 Å². The zero-order chi connectivity index (χ0) is 32.8. The van der Waals surface area contributed by atoms with Crippen LogP contribution in [0.5, 0.6) is 11.5 Å². The third-order valence-electron chi connectivity index (χ3n) is 6.31. The minimum atomic E-state index is -4.57. The average molecular weight is 644 g/mol. The maximum atomic E-state index is 15.7. The van der Waals surface area contributed by atoms with Crippen LogP contribution in [-0.4, -0.2) is 77.4 Å². The summed E-state index contributed by atoms with van der Waals surface area (Å²) in [6.45, 7) is 4.83. The molecule has 1 unspecified atom stereocenters. The molecule has 1 fully saturated rings. The molecule has 3 rings (SSSR count). The molecule has 0 aliphatic carbocycles. The van der Waals surface area contributed by atoms with Crippen molar-refractivity contribution in [1.29, 1.82) is 0 Å². The molecule has 0 saturated carbocycles. The Morgan fingerprint density at radius 3 is 2.55 bits per heavy atom. The first-order chi connectivity index (χ1) is 20.6. The lowest BCUT2D eigenvalue weighted by molar-refractivity contribution is -0.149. The lowest BCUT2D eigenvalue weighted by Crippen LogP contribution is -2.43. The topological polar surface area (TPSA) is 194 Å². The standard InChI is InChI=1S/C27H35FN3O12P/c1-15(2)41-24(35)16(3)30-44(37,43-18-9-7-17(13-19(18)38-5)8-10-22(33)39-6)40-14-20-23(34)27(4,28)25(42-20)31-12-11-21(32)29-26(31)36/h7-13,15-16,20,23,25,34H,14H2,1-6H3,(H,30,37)(H,29,32,36)/b10-8+/t16-,20+,23+,25+,27+,44?/m0/s1. The van der Waals surface area contributed by atoms with E-state index in [1.807, 2.05) is 4.98 Å². The lowest BCUT2D eigenvalue weighted by Gasteiger charge is -2.26. The molecule has 242 valence electrons. The number of ether oxygens (including phenoxy) is 4. The maximum absolute atomic E-state index is 15.7. The van der Waals surface area contributed by atoms with Gasteiger partial charge in [-0.15, -0.1) is 0 Å². The van der Waals surface area contributed by atoms with Gasteiger partial charge in [-0.25, -0.2) is 18.5 Å². The van der Waals surface area contributed by atoms with Gasteiger partial charge < -0.3 is 28.6 Å². The summed E-state index contributed by atoms with van der Waals surface area (Å²) in [6.07, 6.45) is -1.93. The van der Waals surface area contributed by atoms with Crippen LogP contribution in [-0.2, 0) is 32.9 Å². The molecule has 2 aromatic rings. The second-order valence-electron chi connectivity index (χ2n) is 10.1. The van der Waals surface area contributed by atoms with Crippen LogP contribution in [0.3, 0.4) is 0 Å². The molecule has 1 aromatic heterocycles. The summed E-state index contributed by atoms with van der Waals surface area (Å²) in [5.74, 6) is -1.43. The van der Waals surface area contributed by atoms with Crippen LogP contribution in [0.2, 0.25) is 0 Å². The average Bonchev–Trinajstić information content (AvgIpc) is 3.18. The van der Waals surface area contributed by atoms with Crippen LogP contribution in [0.4, 0.5) is 4.39 Å². The van der Waals surface area contributed by atoms with Gasteiger partial charge in [-0.2, -0.15) is 5.09 Å². The molecule has 2 heterocycles. The molecular formula is C27H35FN3O12P. The third-order valence-corrected chi connectivity index (χ3v) is 7.94. The Labute approximate surface area is 251 Å². The Kier molecular flexibility index (Phi) is 11.3. The number of H-pyrrole nitrogens is 1. The number of esters is 2. The van der Waals surface area contributed by atoms with Crippen molar-refractivity contribution in [3.63, 3.8) is 0 Å². The van der Waals surface area contributed by atoms with Crippen molar-refractivity contribution < 1.29 is 51.6 Å². The van der Waals surface area contributed by atoms with Gasteiger partial charge in [0.2, 0.25) is 0 Å². The van der Waals surface area contributed by atoms with Crippen LogP contribution < -0.4 is 25.6 Å². The van der Waals surface area contributed by atoms with Gasteiger partial charge in [0.15, 0.2) is 23.4 Å². The fourth-order valence-electron chi connectivity index (χ4n) is 4.07. The van der Waals surface area contributed by atoms with Gasteiger partial charge in [-0.1, -0.05) is 6.07 Å². The zero-order valence-corrected chi connectivity index (χ0v) is 25.7. The van der Waals surface area contributed by atoms with Crippen molar-refractivity contribution >= 4 is 25.8 Å². The SMILES string of the molecule is COC(=O)/C=C/c1ccc(OP(=O)(N[C@@H](C)C(=O)OC(C)C)OC[C@H]2O[C@@H](n3ccc(=O)[nH]c3=O)[C@](C)(F)[C@@H]2O)c(OC)c1. The molecule has 3 N–H and O–H groups in total. The van der Waals surface area contributed by atoms with E-state index in [1.54, 1.807) is 13.8 Å². The number of carbonyl (C=O) groups is 2. The lowest BCUT2D eigenvalue weighted by atomic mass is 9.98. The molecule has 1 saturated heterocycles. The number of aromatic amines is 1. The predicted molar refractivity (Wildman–Crippen MR) is 153 cm³/mol. The third kappa shape index (κ3) is 8.42. The maximum Gasteiger partial charge on any atom is 0.459 e. The largest absolute Gasteiger partial charge is 0.493 e. The van der Waals surface area contributed by atoms with E-state index in [1.165, 1.54) is 51.5 Å². The Bertz CT molecular complexity index is 1540. The molecule has 1 aliphatic heterocycles. The van der Waals surface area contributed by atoms with Gasteiger partial charge >= 0.3 is 25.4 Å². The van der Waals surface area contributed by atoms with Gasteiger partial charge in [0, 0.05) is 18.3 Å². The molecule has 0 bridgehead atoms. The van der Waals surface area contributed by atoms with E-state index in [0.29, 0.717) is 5.56 Å². The fourth-order valence-corrected chi connectivity index (χ4v) is 5.59. The number of hydrogen-bond acceptors (Lipinski definition) is 12. The fraction of sp³-hybridized carbons (Fsp3) is 0.481. The van der Waals surface area contributed by atoms with Crippen LogP contribution in [0.1, 0.15) is 39.5 Å². The Hall–Kier alpha value is -3.82. The summed E-state index contributed by atoms with van der Waals surface area (Å²) in [5, 5.41) is 13.2. The minimum absolute atomic E-state index is 0.0612. The Balaban J connectivity index is 1.89. The van der Waals surface area contributed by atoms with Crippen molar-refractivity contribution in [2.75, 3.05) is 20.8 Å². The minimum Gasteiger partial charge on any atom is -0.493 e. The van der Waals surface area contributed by atoms with Crippen LogP contribution >= 0.6 is 7.75 Å². The highest BCUT2D eigenvalue weighted by Crippen LogP contribution is 2.49. The molecule has 1 aromatic carbocycles. The summed E-state index contributed by atoms with van der Waals surface area (Å²) in [4.78, 5) is 49.7. The summed E-state index contributed by atoms with van der Waals surface area (Å²) in [7, 11) is -2.04. The Morgan fingerprint density at radius 2 is 1.93 bits per heavy atom. The number of nitrogens with one attached hydrogen (secondary N) is 2. The van der Waals surface area contributed by atoms with E-state index < -0.39 is 73.8 Å². The number of aliphatic hydroxyl groups excluding tert-OH is 1. The summed E-state index contributed by atoms with van der Waals surface area (Å²) in [6, 6.07) is 4.07. The summed E-state index contributed by atoms with van der Waals surface area (Å²) >= 11 is 0. The molecular weight excluding hydrogens is 608 g/mol. The predicted octanol–water partition coefficient (Wildman–Crippen LogP) is 1.85. The van der Waals surface area contributed by atoms with Gasteiger partial charge in [0.1, 0.15) is 18.2 Å². The summed E-state index contributed by atoms with van der Waals surface area (Å²) in [5.41, 5.74) is -3.77. The number of aliphatic hydroxyl groups is 1. The molecule has 0 spiro atoms. The second kappa shape index (κ2) is 14.3. The number of methoxy groups -OCH3 is 2. The van der Waals surface area contributed by atoms with Crippen molar-refractivity contribution in [1.82, 2.24) is 14.6 Å². The van der Waals surface area contributed by atoms with Crippen molar-refractivity contribution in [3.8, 4) is 11.5 Å². The van der Waals surface area contributed by atoms with Crippen LogP contribution in [0.15, 0.2) is 46.1 Å². The molecule has 1 aliphatic rings. The van der Waals surface area contributed by atoms with Crippen molar-refractivity contribution in [3.05, 3.63) is 62.9 Å². The monoisotopic (exact) mass is 643 g/mol. The smallest absolute Gasteiger partial charge is 0.459 e. The van der Waals surface area contributed by atoms with E-state index in [9.17, 15) is 28.8 Å². The van der Waals surface area contributed by atoms with Gasteiger partial charge in [0.25, 0.3) is 5.56 Å². The molecule has 44 heavy (non-hydrogen) atoms. The van der Waals surface area contributed by atoms with E-state index >= 15 is 4.39 Å². The quantitative estimate of drug-likeness (QED) is 0.163. The number of nitrogens with zero attached hydrogens (tertiary/aromatic N) is 1. The number of benzene rings is 1. The van der Waals surface area contributed by atoms with E-state index in [0.717, 1.165) is 23.8 Å². The van der Waals surface area contributed by atoms with Crippen molar-refractivity contribution in [2.24, 2.45) is 0 Å². The molecule has 0 amide bonds. The van der Waals surface area contributed by atoms with Gasteiger partial charge in [-0.05, 0) is 51.5 Å². The number of halogens is 1. The van der Waals surface area contributed by atoms with Gasteiger partial charge in [-0.3, -0.25) is 23.7 Å². The summed E-state index contributed by atoms with van der Waals surface area (Å²) < 4.78 is 62.3. The number of carbonyl (C=O) groups excluding carboxylic acids is 2. The molecule has 0 radical (unpaired) electrons. The Morgan fingerprint density at radius 1 is 1.23 bits per heavy atom. The second-order valence-corrected chi connectivity index (χ2v) is 11.8. The first-order valence-electron chi connectivity index (χ1n) is 13.3.